The maximum atomic E-state index is 13.3. The van der Waals surface area contributed by atoms with Crippen molar-refractivity contribution in [3.05, 3.63) is 41.3 Å². The van der Waals surface area contributed by atoms with Crippen molar-refractivity contribution in [1.82, 2.24) is 20.2 Å². The third-order valence-electron chi connectivity index (χ3n) is 4.36. The molecule has 1 unspecified atom stereocenters. The van der Waals surface area contributed by atoms with Crippen LogP contribution >= 0.6 is 0 Å². The molecular weight excluding hydrogens is 305 g/mol. The van der Waals surface area contributed by atoms with Crippen molar-refractivity contribution in [2.45, 2.75) is 25.3 Å². The molecular formula is C18H24FN5. The number of benzene rings is 1. The molecule has 1 aliphatic heterocycles. The lowest BCUT2D eigenvalue weighted by Crippen LogP contribution is -2.32. The number of hydrogen-bond acceptors (Lipinski definition) is 5. The van der Waals surface area contributed by atoms with E-state index in [2.05, 4.69) is 34.3 Å². The van der Waals surface area contributed by atoms with Gasteiger partial charge in [0.05, 0.1) is 11.4 Å². The van der Waals surface area contributed by atoms with Crippen molar-refractivity contribution in [2.24, 2.45) is 0 Å². The Morgan fingerprint density at radius 2 is 2.00 bits per heavy atom. The summed E-state index contributed by atoms with van der Waals surface area (Å²) in [6, 6.07) is 6.62. The standard InChI is InChI=1S/C18H24FN5/c1-24(2)11-3-4-14-16-15(9-10-21-14)22-18(20)23-17(16)12-5-7-13(19)8-6-12/h5-8,14,21H,3-4,9-11H2,1-2H3,(H2,20,22,23). The van der Waals surface area contributed by atoms with E-state index in [9.17, 15) is 4.39 Å². The smallest absolute Gasteiger partial charge is 0.220 e. The normalized spacial score (nSPS) is 17.1. The quantitative estimate of drug-likeness (QED) is 0.882. The Hall–Kier alpha value is -2.05. The van der Waals surface area contributed by atoms with Crippen LogP contribution in [0.3, 0.4) is 0 Å². The zero-order valence-corrected chi connectivity index (χ0v) is 14.2. The van der Waals surface area contributed by atoms with Gasteiger partial charge in [0.2, 0.25) is 5.95 Å². The summed E-state index contributed by atoms with van der Waals surface area (Å²) in [6.45, 7) is 1.92. The molecule has 3 rings (SSSR count). The van der Waals surface area contributed by atoms with Gasteiger partial charge in [-0.2, -0.15) is 0 Å². The molecule has 1 aliphatic rings. The molecule has 0 spiro atoms. The average Bonchev–Trinajstić information content (AvgIpc) is 2.54. The lowest BCUT2D eigenvalue weighted by molar-refractivity contribution is 0.367. The summed E-state index contributed by atoms with van der Waals surface area (Å²) in [6.07, 6.45) is 2.92. The summed E-state index contributed by atoms with van der Waals surface area (Å²) in [7, 11) is 4.16. The lowest BCUT2D eigenvalue weighted by atomic mass is 9.91. The molecule has 0 amide bonds. The lowest BCUT2D eigenvalue weighted by Gasteiger charge is -2.28. The van der Waals surface area contributed by atoms with Crippen molar-refractivity contribution in [2.75, 3.05) is 32.9 Å². The van der Waals surface area contributed by atoms with E-state index in [0.29, 0.717) is 0 Å². The molecule has 128 valence electrons. The van der Waals surface area contributed by atoms with Crippen molar-refractivity contribution in [1.29, 1.82) is 0 Å². The van der Waals surface area contributed by atoms with Crippen LogP contribution in [0.15, 0.2) is 24.3 Å². The Balaban J connectivity index is 1.97. The minimum atomic E-state index is -0.254. The van der Waals surface area contributed by atoms with E-state index in [1.54, 1.807) is 12.1 Å². The number of rotatable bonds is 5. The van der Waals surface area contributed by atoms with Crippen molar-refractivity contribution in [3.8, 4) is 11.3 Å². The van der Waals surface area contributed by atoms with E-state index in [0.717, 1.165) is 54.9 Å². The van der Waals surface area contributed by atoms with Crippen LogP contribution in [0.4, 0.5) is 10.3 Å². The Morgan fingerprint density at radius 1 is 1.25 bits per heavy atom. The molecule has 0 fully saturated rings. The van der Waals surface area contributed by atoms with Crippen molar-refractivity contribution in [3.63, 3.8) is 0 Å². The Morgan fingerprint density at radius 3 is 2.71 bits per heavy atom. The Kier molecular flexibility index (Phi) is 5.06. The van der Waals surface area contributed by atoms with Crippen LogP contribution in [0.1, 0.15) is 30.1 Å². The number of nitrogen functional groups attached to an aromatic ring is 1. The van der Waals surface area contributed by atoms with Gasteiger partial charge >= 0.3 is 0 Å². The first-order valence-electron chi connectivity index (χ1n) is 8.35. The maximum Gasteiger partial charge on any atom is 0.220 e. The molecule has 2 heterocycles. The highest BCUT2D eigenvalue weighted by Crippen LogP contribution is 2.34. The van der Waals surface area contributed by atoms with Gasteiger partial charge in [-0.05, 0) is 57.7 Å². The maximum absolute atomic E-state index is 13.3. The fourth-order valence-electron chi connectivity index (χ4n) is 3.24. The summed E-state index contributed by atoms with van der Waals surface area (Å²) in [5.74, 6) is 0.0253. The summed E-state index contributed by atoms with van der Waals surface area (Å²) in [5, 5.41) is 3.58. The van der Waals surface area contributed by atoms with E-state index >= 15 is 0 Å². The zero-order chi connectivity index (χ0) is 17.1. The number of aromatic nitrogens is 2. The van der Waals surface area contributed by atoms with E-state index in [-0.39, 0.29) is 17.8 Å². The SMILES string of the molecule is CN(C)CCCC1NCCc2nc(N)nc(-c3ccc(F)cc3)c21. The van der Waals surface area contributed by atoms with Crippen LogP contribution in [0.5, 0.6) is 0 Å². The topological polar surface area (TPSA) is 67.1 Å². The van der Waals surface area contributed by atoms with Gasteiger partial charge in [-0.15, -0.1) is 0 Å². The van der Waals surface area contributed by atoms with Gasteiger partial charge in [-0.3, -0.25) is 0 Å². The van der Waals surface area contributed by atoms with E-state index < -0.39 is 0 Å². The summed E-state index contributed by atoms with van der Waals surface area (Å²) in [4.78, 5) is 11.1. The molecule has 2 aromatic rings. The van der Waals surface area contributed by atoms with Crippen LogP contribution in [-0.4, -0.2) is 42.1 Å². The molecule has 1 aromatic heterocycles. The number of nitrogens with two attached hydrogens (primary N) is 1. The highest BCUT2D eigenvalue weighted by atomic mass is 19.1. The first-order chi connectivity index (χ1) is 11.5. The predicted molar refractivity (Wildman–Crippen MR) is 94.1 cm³/mol. The minimum absolute atomic E-state index is 0.203. The van der Waals surface area contributed by atoms with Crippen LogP contribution in [-0.2, 0) is 6.42 Å². The number of fused-ring (bicyclic) bond motifs is 1. The highest BCUT2D eigenvalue weighted by Gasteiger charge is 2.26. The largest absolute Gasteiger partial charge is 0.368 e. The fraction of sp³-hybridized carbons (Fsp3) is 0.444. The number of nitrogens with zero attached hydrogens (tertiary/aromatic N) is 3. The fourth-order valence-corrected chi connectivity index (χ4v) is 3.24. The Labute approximate surface area is 142 Å². The predicted octanol–water partition coefficient (Wildman–Crippen LogP) is 2.39. The molecule has 24 heavy (non-hydrogen) atoms. The van der Waals surface area contributed by atoms with E-state index in [1.165, 1.54) is 12.1 Å². The van der Waals surface area contributed by atoms with Gasteiger partial charge < -0.3 is 16.0 Å². The first-order valence-corrected chi connectivity index (χ1v) is 8.35. The van der Waals surface area contributed by atoms with Crippen LogP contribution in [0.25, 0.3) is 11.3 Å². The second-order valence-corrected chi connectivity index (χ2v) is 6.50. The van der Waals surface area contributed by atoms with Crippen LogP contribution < -0.4 is 11.1 Å². The van der Waals surface area contributed by atoms with Crippen molar-refractivity contribution < 1.29 is 4.39 Å². The highest BCUT2D eigenvalue weighted by molar-refractivity contribution is 5.66. The van der Waals surface area contributed by atoms with Gasteiger partial charge in [-0.1, -0.05) is 0 Å². The zero-order valence-electron chi connectivity index (χ0n) is 14.2. The molecule has 1 atom stereocenters. The third-order valence-corrected chi connectivity index (χ3v) is 4.36. The summed E-state index contributed by atoms with van der Waals surface area (Å²) in [5.41, 5.74) is 9.73. The molecule has 1 aromatic carbocycles. The number of nitrogens with one attached hydrogen (secondary N) is 1. The molecule has 0 radical (unpaired) electrons. The molecule has 0 aliphatic carbocycles. The van der Waals surface area contributed by atoms with E-state index in [4.69, 9.17) is 5.73 Å². The van der Waals surface area contributed by atoms with Crippen LogP contribution in [0, 0.1) is 5.82 Å². The van der Waals surface area contributed by atoms with Gasteiger partial charge in [0.15, 0.2) is 0 Å². The van der Waals surface area contributed by atoms with Crippen LogP contribution in [0.2, 0.25) is 0 Å². The third kappa shape index (κ3) is 3.71. The second-order valence-electron chi connectivity index (χ2n) is 6.50. The first kappa shape index (κ1) is 16.8. The number of anilines is 1. The van der Waals surface area contributed by atoms with Crippen molar-refractivity contribution >= 4 is 5.95 Å². The number of halogens is 1. The molecule has 3 N–H and O–H groups in total. The molecule has 0 saturated carbocycles. The summed E-state index contributed by atoms with van der Waals surface area (Å²) < 4.78 is 13.3. The van der Waals surface area contributed by atoms with E-state index in [1.807, 2.05) is 0 Å². The monoisotopic (exact) mass is 329 g/mol. The Bertz CT molecular complexity index is 699. The minimum Gasteiger partial charge on any atom is -0.368 e. The number of hydrogen-bond donors (Lipinski definition) is 2. The van der Waals surface area contributed by atoms with Gasteiger partial charge in [0, 0.05) is 30.1 Å². The van der Waals surface area contributed by atoms with Gasteiger partial charge in [-0.25, -0.2) is 14.4 Å². The van der Waals surface area contributed by atoms with Gasteiger partial charge in [0.1, 0.15) is 5.82 Å². The molecule has 0 bridgehead atoms. The molecule has 0 saturated heterocycles. The average molecular weight is 329 g/mol. The van der Waals surface area contributed by atoms with Gasteiger partial charge in [0.25, 0.3) is 0 Å². The second kappa shape index (κ2) is 7.23. The molecule has 6 heteroatoms. The molecule has 5 nitrogen and oxygen atoms in total. The summed E-state index contributed by atoms with van der Waals surface area (Å²) >= 11 is 0.